The first-order valence-electron chi connectivity index (χ1n) is 5.71. The summed E-state index contributed by atoms with van der Waals surface area (Å²) in [4.78, 5) is 45.3. The Morgan fingerprint density at radius 2 is 0.850 bits per heavy atom. The van der Waals surface area contributed by atoms with E-state index in [-0.39, 0.29) is 19.5 Å². The molecule has 124 valence electrons. The number of hydrogen-bond donors (Lipinski definition) is 6. The van der Waals surface area contributed by atoms with E-state index in [1.54, 1.807) is 0 Å². The van der Waals surface area contributed by atoms with Crippen molar-refractivity contribution in [1.29, 1.82) is 0 Å². The van der Waals surface area contributed by atoms with Gasteiger partial charge in [-0.2, -0.15) is 0 Å². The van der Waals surface area contributed by atoms with Crippen LogP contribution >= 0.6 is 13.4 Å². The fourth-order valence-corrected chi connectivity index (χ4v) is 0.354. The molecule has 0 amide bonds. The first-order chi connectivity index (χ1) is 8.15. The predicted molar refractivity (Wildman–Crippen MR) is 87.6 cm³/mol. The molecule has 0 radical (unpaired) electrons. The maximum Gasteiger partial charge on any atom is 0.319 e. The van der Waals surface area contributed by atoms with Crippen LogP contribution in [-0.2, 0) is 43.1 Å². The summed E-state index contributed by atoms with van der Waals surface area (Å²) in [6, 6.07) is 0. The molecule has 0 bridgehead atoms. The van der Waals surface area contributed by atoms with Gasteiger partial charge in [-0.25, -0.2) is 0 Å². The van der Waals surface area contributed by atoms with E-state index in [1.165, 1.54) is 19.3 Å². The Bertz CT molecular complexity index is 216. The molecule has 0 fully saturated rings. The van der Waals surface area contributed by atoms with E-state index < -0.39 is 13.4 Å². The van der Waals surface area contributed by atoms with E-state index in [9.17, 15) is 0 Å². The first kappa shape index (κ1) is 33.3. The number of rotatable bonds is 2. The van der Waals surface area contributed by atoms with Crippen LogP contribution in [0.4, 0.5) is 0 Å². The molecule has 0 spiro atoms. The van der Waals surface area contributed by atoms with Crippen molar-refractivity contribution in [2.24, 2.45) is 5.92 Å². The normalized spacial score (nSPS) is 9.80. The van der Waals surface area contributed by atoms with E-state index >= 15 is 0 Å². The summed E-state index contributed by atoms with van der Waals surface area (Å²) in [7, 11) is 0. The Hall–Kier alpha value is 1.68. The van der Waals surface area contributed by atoms with E-state index in [1.807, 2.05) is 0 Å². The van der Waals surface area contributed by atoms with Gasteiger partial charge < -0.3 is 29.4 Å². The van der Waals surface area contributed by atoms with Crippen LogP contribution in [0.15, 0.2) is 0 Å². The third kappa shape index (κ3) is 506. The van der Waals surface area contributed by atoms with Crippen molar-refractivity contribution in [3.8, 4) is 0 Å². The van der Waals surface area contributed by atoms with Crippen LogP contribution in [-0.4, -0.2) is 29.4 Å². The van der Waals surface area contributed by atoms with Gasteiger partial charge in [-0.15, -0.1) is 0 Å². The van der Waals surface area contributed by atoms with Crippen LogP contribution in [0.2, 0.25) is 0 Å². The van der Waals surface area contributed by atoms with Crippen molar-refractivity contribution in [2.75, 3.05) is 0 Å². The van der Waals surface area contributed by atoms with E-state index in [0.29, 0.717) is 0 Å². The maximum absolute atomic E-state index is 7.56. The van der Waals surface area contributed by atoms with Gasteiger partial charge in [0.05, 0.1) is 0 Å². The molecule has 0 atom stereocenters. The Morgan fingerprint density at radius 1 is 0.750 bits per heavy atom. The molecule has 6 nitrogen and oxygen atoms in total. The van der Waals surface area contributed by atoms with Crippen LogP contribution in [0.5, 0.6) is 0 Å². The average molecular weight is 424 g/mol. The van der Waals surface area contributed by atoms with Crippen molar-refractivity contribution in [3.63, 3.8) is 0 Å². The predicted octanol–water partition coefficient (Wildman–Crippen LogP) is 2.23. The van der Waals surface area contributed by atoms with E-state index in [2.05, 4.69) is 58.2 Å². The van der Waals surface area contributed by atoms with Gasteiger partial charge >= 0.3 is 13.4 Å². The summed E-state index contributed by atoms with van der Waals surface area (Å²) in [5.74, 6) is 0.833. The van der Waals surface area contributed by atoms with Crippen LogP contribution in [0.25, 0.3) is 0 Å². The summed E-state index contributed by atoms with van der Waals surface area (Å²) < 4.78 is 0. The second kappa shape index (κ2) is 20.7. The molecule has 0 aliphatic carbocycles. The largest absolute Gasteiger partial charge is 0.325 e. The van der Waals surface area contributed by atoms with Gasteiger partial charge in [0.1, 0.15) is 0 Å². The molecule has 0 saturated carbocycles. The molecule has 20 heavy (non-hydrogen) atoms. The van der Waals surface area contributed by atoms with Crippen LogP contribution < -0.4 is 0 Å². The Morgan fingerprint density at radius 3 is 0.850 bits per heavy atom. The zero-order valence-corrected chi connectivity index (χ0v) is 19.2. The SMILES string of the molecule is CC(C)C.CCCCC.OP(O)(O)=S.OP(O)(O)=S.[Zn]. The molecule has 0 heterocycles. The molecule has 0 aromatic carbocycles. The van der Waals surface area contributed by atoms with Gasteiger partial charge in [0, 0.05) is 19.5 Å². The van der Waals surface area contributed by atoms with Gasteiger partial charge in [0.2, 0.25) is 0 Å². The maximum atomic E-state index is 7.56. The molecule has 0 aliphatic rings. The van der Waals surface area contributed by atoms with Crippen LogP contribution in [0.3, 0.4) is 0 Å². The topological polar surface area (TPSA) is 121 Å². The average Bonchev–Trinajstić information content (AvgIpc) is 1.96. The van der Waals surface area contributed by atoms with Gasteiger partial charge in [0.25, 0.3) is 0 Å². The second-order valence-electron chi connectivity index (χ2n) is 4.11. The minimum Gasteiger partial charge on any atom is -0.325 e. The second-order valence-corrected chi connectivity index (χ2v) is 9.10. The Kier molecular flexibility index (Phi) is 34.5. The number of hydrogen-bond acceptors (Lipinski definition) is 2. The fourth-order valence-electron chi connectivity index (χ4n) is 0.354. The smallest absolute Gasteiger partial charge is 0.319 e. The Labute approximate surface area is 145 Å². The van der Waals surface area contributed by atoms with Crippen molar-refractivity contribution < 1.29 is 48.8 Å². The summed E-state index contributed by atoms with van der Waals surface area (Å²) >= 11 is 7.21. The molecule has 11 heteroatoms. The van der Waals surface area contributed by atoms with Crippen LogP contribution in [0.1, 0.15) is 53.9 Å². The minimum absolute atomic E-state index is 0. The van der Waals surface area contributed by atoms with Crippen LogP contribution in [0, 0.1) is 5.92 Å². The number of unbranched alkanes of at least 4 members (excludes halogenated alkanes) is 2. The molecular weight excluding hydrogens is 396 g/mol. The molecule has 0 aliphatic heterocycles. The fraction of sp³-hybridized carbons (Fsp3) is 1.00. The molecule has 6 N–H and O–H groups in total. The van der Waals surface area contributed by atoms with Gasteiger partial charge in [-0.3, -0.25) is 0 Å². The third-order valence-electron chi connectivity index (χ3n) is 0.707. The van der Waals surface area contributed by atoms with Gasteiger partial charge in [0.15, 0.2) is 0 Å². The Balaban J connectivity index is -0.0000000494. The first-order valence-corrected chi connectivity index (χ1v) is 11.0. The molecule has 0 aromatic rings. The van der Waals surface area contributed by atoms with Crippen molar-refractivity contribution >= 4 is 37.1 Å². The monoisotopic (exact) mass is 422 g/mol. The summed E-state index contributed by atoms with van der Waals surface area (Å²) in [5.41, 5.74) is 0. The van der Waals surface area contributed by atoms with E-state index in [0.717, 1.165) is 5.92 Å². The molecule has 0 rings (SSSR count). The van der Waals surface area contributed by atoms with Gasteiger partial charge in [-0.1, -0.05) is 53.9 Å². The summed E-state index contributed by atoms with van der Waals surface area (Å²) in [6.07, 6.45) is 4.08. The van der Waals surface area contributed by atoms with E-state index in [4.69, 9.17) is 29.4 Å². The van der Waals surface area contributed by atoms with Crippen molar-refractivity contribution in [1.82, 2.24) is 0 Å². The minimum atomic E-state index is -3.81. The third-order valence-corrected chi connectivity index (χ3v) is 0.707. The zero-order valence-electron chi connectivity index (χ0n) is 12.8. The quantitative estimate of drug-likeness (QED) is 0.295. The molecule has 0 aromatic heterocycles. The van der Waals surface area contributed by atoms with Gasteiger partial charge in [-0.05, 0) is 29.5 Å². The molecular formula is C9H28O6P2S2Zn. The molecule has 0 saturated heterocycles. The zero-order chi connectivity index (χ0) is 16.7. The molecule has 0 unspecified atom stereocenters. The standard InChI is InChI=1S/C5H12.C4H10.2H3O3PS.Zn/c1-3-5-4-2;1-4(2)3;2*1-4(2,3)5;/h3-5H2,1-2H3;4H,1-3H3;2*(H3,1,2,3,5);. The van der Waals surface area contributed by atoms with Crippen molar-refractivity contribution in [3.05, 3.63) is 0 Å². The summed E-state index contributed by atoms with van der Waals surface area (Å²) in [6.45, 7) is 3.31. The van der Waals surface area contributed by atoms with Crippen molar-refractivity contribution in [2.45, 2.75) is 53.9 Å². The summed E-state index contributed by atoms with van der Waals surface area (Å²) in [5, 5.41) is 0.